The standard InChI is InChI=1S/C15H24FNO/c1-4-17(12-15(2,3)18)10-6-8-13-7-5-9-14(16)11-13/h5,7,9,11,18H,4,6,8,10,12H2,1-3H3. The van der Waals surface area contributed by atoms with E-state index >= 15 is 0 Å². The second-order valence-corrected chi connectivity index (χ2v) is 5.41. The Balaban J connectivity index is 2.35. The molecule has 1 aromatic carbocycles. The molecule has 0 heterocycles. The molecule has 18 heavy (non-hydrogen) atoms. The maximum Gasteiger partial charge on any atom is 0.123 e. The van der Waals surface area contributed by atoms with E-state index in [1.165, 1.54) is 6.07 Å². The van der Waals surface area contributed by atoms with Crippen molar-refractivity contribution in [1.29, 1.82) is 0 Å². The summed E-state index contributed by atoms with van der Waals surface area (Å²) in [5.41, 5.74) is 0.379. The Morgan fingerprint density at radius 2 is 2.06 bits per heavy atom. The number of benzene rings is 1. The molecule has 1 aromatic rings. The van der Waals surface area contributed by atoms with Gasteiger partial charge in [0.1, 0.15) is 5.82 Å². The van der Waals surface area contributed by atoms with Crippen LogP contribution in [0.1, 0.15) is 32.8 Å². The van der Waals surface area contributed by atoms with Crippen molar-refractivity contribution < 1.29 is 9.50 Å². The fraction of sp³-hybridized carbons (Fsp3) is 0.600. The maximum absolute atomic E-state index is 13.0. The van der Waals surface area contributed by atoms with Crippen LogP contribution < -0.4 is 0 Å². The molecule has 0 aliphatic heterocycles. The van der Waals surface area contributed by atoms with Gasteiger partial charge in [-0.2, -0.15) is 0 Å². The summed E-state index contributed by atoms with van der Waals surface area (Å²) >= 11 is 0. The van der Waals surface area contributed by atoms with Crippen molar-refractivity contribution >= 4 is 0 Å². The number of rotatable bonds is 7. The molecule has 0 spiro atoms. The van der Waals surface area contributed by atoms with Crippen molar-refractivity contribution in [2.45, 2.75) is 39.2 Å². The molecule has 0 unspecified atom stereocenters. The molecule has 2 nitrogen and oxygen atoms in total. The predicted molar refractivity (Wildman–Crippen MR) is 73.1 cm³/mol. The van der Waals surface area contributed by atoms with Crippen molar-refractivity contribution in [3.05, 3.63) is 35.6 Å². The van der Waals surface area contributed by atoms with Crippen LogP contribution in [0.5, 0.6) is 0 Å². The second-order valence-electron chi connectivity index (χ2n) is 5.41. The van der Waals surface area contributed by atoms with Gasteiger partial charge in [-0.3, -0.25) is 0 Å². The van der Waals surface area contributed by atoms with Crippen LogP contribution in [0.2, 0.25) is 0 Å². The molecule has 102 valence electrons. The first kappa shape index (κ1) is 15.1. The monoisotopic (exact) mass is 253 g/mol. The average Bonchev–Trinajstić information content (AvgIpc) is 2.26. The van der Waals surface area contributed by atoms with Crippen LogP contribution in [0.3, 0.4) is 0 Å². The van der Waals surface area contributed by atoms with E-state index in [1.54, 1.807) is 12.1 Å². The van der Waals surface area contributed by atoms with E-state index in [9.17, 15) is 9.50 Å². The lowest BCUT2D eigenvalue weighted by atomic mass is 10.1. The van der Waals surface area contributed by atoms with Gasteiger partial charge in [0.2, 0.25) is 0 Å². The Labute approximate surface area is 109 Å². The molecule has 1 N–H and O–H groups in total. The van der Waals surface area contributed by atoms with Gasteiger partial charge in [0.15, 0.2) is 0 Å². The van der Waals surface area contributed by atoms with Gasteiger partial charge in [-0.25, -0.2) is 4.39 Å². The van der Waals surface area contributed by atoms with Crippen molar-refractivity contribution in [3.8, 4) is 0 Å². The zero-order valence-corrected chi connectivity index (χ0v) is 11.6. The van der Waals surface area contributed by atoms with Crippen LogP contribution >= 0.6 is 0 Å². The number of nitrogens with zero attached hydrogens (tertiary/aromatic N) is 1. The Bertz CT molecular complexity index is 360. The molecule has 0 bridgehead atoms. The summed E-state index contributed by atoms with van der Waals surface area (Å²) in [6.07, 6.45) is 1.85. The molecular formula is C15H24FNO. The molecule has 0 radical (unpaired) electrons. The number of hydrogen-bond acceptors (Lipinski definition) is 2. The summed E-state index contributed by atoms with van der Waals surface area (Å²) in [7, 11) is 0. The van der Waals surface area contributed by atoms with Gasteiger partial charge in [-0.1, -0.05) is 19.1 Å². The maximum atomic E-state index is 13.0. The quantitative estimate of drug-likeness (QED) is 0.807. The molecule has 0 amide bonds. The number of aliphatic hydroxyl groups is 1. The normalized spacial score (nSPS) is 12.1. The van der Waals surface area contributed by atoms with Gasteiger partial charge in [-0.05, 0) is 57.5 Å². The molecule has 3 heteroatoms. The number of likely N-dealkylation sites (N-methyl/N-ethyl adjacent to an activating group) is 1. The highest BCUT2D eigenvalue weighted by Crippen LogP contribution is 2.09. The third-order valence-electron chi connectivity index (χ3n) is 2.89. The van der Waals surface area contributed by atoms with Gasteiger partial charge in [0.25, 0.3) is 0 Å². The minimum Gasteiger partial charge on any atom is -0.389 e. The fourth-order valence-corrected chi connectivity index (χ4v) is 2.10. The van der Waals surface area contributed by atoms with Gasteiger partial charge in [-0.15, -0.1) is 0 Å². The van der Waals surface area contributed by atoms with E-state index in [4.69, 9.17) is 0 Å². The zero-order chi connectivity index (χ0) is 13.6. The van der Waals surface area contributed by atoms with Crippen LogP contribution in [-0.4, -0.2) is 35.2 Å². The second kappa shape index (κ2) is 6.86. The van der Waals surface area contributed by atoms with E-state index in [0.29, 0.717) is 6.54 Å². The number of aryl methyl sites for hydroxylation is 1. The van der Waals surface area contributed by atoms with Crippen molar-refractivity contribution in [1.82, 2.24) is 4.90 Å². The first-order valence-electron chi connectivity index (χ1n) is 6.60. The minimum absolute atomic E-state index is 0.170. The molecule has 0 aromatic heterocycles. The number of halogens is 1. The molecule has 0 fully saturated rings. The Hall–Kier alpha value is -0.930. The Morgan fingerprint density at radius 1 is 1.33 bits per heavy atom. The highest BCUT2D eigenvalue weighted by Gasteiger charge is 2.16. The van der Waals surface area contributed by atoms with Crippen LogP contribution in [0.4, 0.5) is 4.39 Å². The molecule has 0 aliphatic carbocycles. The predicted octanol–water partition coefficient (Wildman–Crippen LogP) is 2.85. The van der Waals surface area contributed by atoms with E-state index in [-0.39, 0.29) is 5.82 Å². The highest BCUT2D eigenvalue weighted by molar-refractivity contribution is 5.16. The topological polar surface area (TPSA) is 23.5 Å². The third-order valence-corrected chi connectivity index (χ3v) is 2.89. The molecule has 0 aliphatic rings. The van der Waals surface area contributed by atoms with Crippen LogP contribution in [0, 0.1) is 5.82 Å². The van der Waals surface area contributed by atoms with Crippen LogP contribution in [0.25, 0.3) is 0 Å². The lowest BCUT2D eigenvalue weighted by Gasteiger charge is -2.27. The van der Waals surface area contributed by atoms with Crippen molar-refractivity contribution in [2.75, 3.05) is 19.6 Å². The van der Waals surface area contributed by atoms with Gasteiger partial charge in [0, 0.05) is 6.54 Å². The molecule has 1 rings (SSSR count). The molecular weight excluding hydrogens is 229 g/mol. The minimum atomic E-state index is -0.658. The largest absolute Gasteiger partial charge is 0.389 e. The summed E-state index contributed by atoms with van der Waals surface area (Å²) in [5, 5.41) is 9.78. The summed E-state index contributed by atoms with van der Waals surface area (Å²) in [6, 6.07) is 6.76. The van der Waals surface area contributed by atoms with Crippen LogP contribution in [0.15, 0.2) is 24.3 Å². The van der Waals surface area contributed by atoms with E-state index in [0.717, 1.165) is 31.5 Å². The van der Waals surface area contributed by atoms with Crippen molar-refractivity contribution in [2.24, 2.45) is 0 Å². The molecule has 0 saturated heterocycles. The Kier molecular flexibility index (Phi) is 5.76. The summed E-state index contributed by atoms with van der Waals surface area (Å²) in [4.78, 5) is 2.22. The summed E-state index contributed by atoms with van der Waals surface area (Å²) in [5.74, 6) is -0.170. The van der Waals surface area contributed by atoms with Gasteiger partial charge < -0.3 is 10.0 Å². The zero-order valence-electron chi connectivity index (χ0n) is 11.6. The number of hydrogen-bond donors (Lipinski definition) is 1. The van der Waals surface area contributed by atoms with E-state index in [1.807, 2.05) is 19.9 Å². The highest BCUT2D eigenvalue weighted by atomic mass is 19.1. The third kappa shape index (κ3) is 6.12. The van der Waals surface area contributed by atoms with Crippen molar-refractivity contribution in [3.63, 3.8) is 0 Å². The van der Waals surface area contributed by atoms with Gasteiger partial charge in [0.05, 0.1) is 5.60 Å². The van der Waals surface area contributed by atoms with E-state index < -0.39 is 5.60 Å². The summed E-state index contributed by atoms with van der Waals surface area (Å²) in [6.45, 7) is 8.26. The smallest absolute Gasteiger partial charge is 0.123 e. The Morgan fingerprint density at radius 3 is 2.61 bits per heavy atom. The fourth-order valence-electron chi connectivity index (χ4n) is 2.10. The average molecular weight is 253 g/mol. The SMILES string of the molecule is CCN(CCCc1cccc(F)c1)CC(C)(C)O. The van der Waals surface area contributed by atoms with E-state index in [2.05, 4.69) is 11.8 Å². The lowest BCUT2D eigenvalue weighted by Crippen LogP contribution is -2.39. The van der Waals surface area contributed by atoms with Crippen LogP contribution in [-0.2, 0) is 6.42 Å². The first-order valence-corrected chi connectivity index (χ1v) is 6.60. The first-order chi connectivity index (χ1) is 8.40. The summed E-state index contributed by atoms with van der Waals surface area (Å²) < 4.78 is 13.0. The molecule has 0 saturated carbocycles. The lowest BCUT2D eigenvalue weighted by molar-refractivity contribution is 0.0376. The van der Waals surface area contributed by atoms with Gasteiger partial charge >= 0.3 is 0 Å². The molecule has 0 atom stereocenters.